The monoisotopic (exact) mass is 282 g/mol. The highest BCUT2D eigenvalue weighted by Crippen LogP contribution is 2.24. The van der Waals surface area contributed by atoms with E-state index in [1.165, 1.54) is 71.0 Å². The lowest BCUT2D eigenvalue weighted by atomic mass is 9.89. The van der Waals surface area contributed by atoms with E-state index in [4.69, 9.17) is 5.11 Å². The minimum absolute atomic E-state index is 0.353. The average Bonchev–Trinajstić information content (AvgIpc) is 2.95. The topological polar surface area (TPSA) is 35.5 Å². The molecule has 20 heavy (non-hydrogen) atoms. The Hall–Kier alpha value is -0.120. The van der Waals surface area contributed by atoms with Crippen LogP contribution < -0.4 is 5.32 Å². The van der Waals surface area contributed by atoms with Crippen LogP contribution in [0.1, 0.15) is 64.7 Å². The van der Waals surface area contributed by atoms with Gasteiger partial charge in [0, 0.05) is 31.8 Å². The van der Waals surface area contributed by atoms with E-state index in [0.29, 0.717) is 12.6 Å². The summed E-state index contributed by atoms with van der Waals surface area (Å²) in [7, 11) is 0. The number of hydrogen-bond donors (Lipinski definition) is 2. The van der Waals surface area contributed by atoms with E-state index in [-0.39, 0.29) is 0 Å². The highest BCUT2D eigenvalue weighted by Gasteiger charge is 2.28. The van der Waals surface area contributed by atoms with Crippen LogP contribution in [0.3, 0.4) is 0 Å². The van der Waals surface area contributed by atoms with Crippen molar-refractivity contribution in [3.63, 3.8) is 0 Å². The van der Waals surface area contributed by atoms with Crippen molar-refractivity contribution in [3.05, 3.63) is 0 Å². The maximum absolute atomic E-state index is 9.07. The van der Waals surface area contributed by atoms with Gasteiger partial charge in [0.2, 0.25) is 0 Å². The molecule has 1 aliphatic carbocycles. The smallest absolute Gasteiger partial charge is 0.0431 e. The molecule has 1 saturated heterocycles. The molecule has 1 heterocycles. The zero-order chi connectivity index (χ0) is 14.2. The number of rotatable bonds is 8. The second-order valence-electron chi connectivity index (χ2n) is 6.93. The second kappa shape index (κ2) is 9.01. The second-order valence-corrected chi connectivity index (χ2v) is 6.93. The maximum Gasteiger partial charge on any atom is 0.0431 e. The molecule has 2 unspecified atom stereocenters. The largest absolute Gasteiger partial charge is 0.396 e. The van der Waals surface area contributed by atoms with Crippen LogP contribution in [0.4, 0.5) is 0 Å². The van der Waals surface area contributed by atoms with Crippen LogP contribution in [-0.2, 0) is 0 Å². The molecule has 0 spiro atoms. The van der Waals surface area contributed by atoms with Gasteiger partial charge in [-0.25, -0.2) is 0 Å². The molecule has 2 aliphatic rings. The lowest BCUT2D eigenvalue weighted by Crippen LogP contribution is -2.51. The number of likely N-dealkylation sites (tertiary alicyclic amines) is 1. The zero-order valence-corrected chi connectivity index (χ0v) is 13.3. The molecule has 1 aliphatic heterocycles. The molecule has 0 bridgehead atoms. The van der Waals surface area contributed by atoms with Gasteiger partial charge in [0.25, 0.3) is 0 Å². The normalized spacial score (nSPS) is 29.1. The molecule has 0 aromatic heterocycles. The van der Waals surface area contributed by atoms with E-state index >= 15 is 0 Å². The van der Waals surface area contributed by atoms with Crippen molar-refractivity contribution in [2.24, 2.45) is 5.92 Å². The van der Waals surface area contributed by atoms with E-state index in [1.807, 2.05) is 0 Å². The molecule has 2 atom stereocenters. The van der Waals surface area contributed by atoms with Gasteiger partial charge < -0.3 is 15.3 Å². The van der Waals surface area contributed by atoms with Crippen molar-refractivity contribution in [2.45, 2.75) is 76.8 Å². The molecular formula is C17H34N2O. The Labute approximate surface area is 125 Å². The molecule has 0 radical (unpaired) electrons. The molecule has 3 heteroatoms. The molecule has 0 amide bonds. The van der Waals surface area contributed by atoms with Crippen molar-refractivity contribution >= 4 is 0 Å². The van der Waals surface area contributed by atoms with Gasteiger partial charge in [-0.2, -0.15) is 0 Å². The quantitative estimate of drug-likeness (QED) is 0.718. The highest BCUT2D eigenvalue weighted by molar-refractivity contribution is 4.87. The zero-order valence-electron chi connectivity index (χ0n) is 13.3. The van der Waals surface area contributed by atoms with E-state index in [0.717, 1.165) is 18.4 Å². The molecular weight excluding hydrogens is 248 g/mol. The lowest BCUT2D eigenvalue weighted by Gasteiger charge is -2.39. The van der Waals surface area contributed by atoms with E-state index in [9.17, 15) is 0 Å². The Balaban J connectivity index is 1.81. The van der Waals surface area contributed by atoms with Gasteiger partial charge in [-0.1, -0.05) is 26.2 Å². The summed E-state index contributed by atoms with van der Waals surface area (Å²) >= 11 is 0. The summed E-state index contributed by atoms with van der Waals surface area (Å²) < 4.78 is 0. The summed E-state index contributed by atoms with van der Waals surface area (Å²) in [5.74, 6) is 0.784. The number of nitrogens with zero attached hydrogens (tertiary/aromatic N) is 1. The Morgan fingerprint density at radius 1 is 1.10 bits per heavy atom. The standard InChI is InChI=1S/C17H34N2O/c1-2-3-10-19-13-15(7-6-11-20)12-17(14-19)18-16-8-4-5-9-16/h15-18,20H,2-14H2,1H3. The summed E-state index contributed by atoms with van der Waals surface area (Å²) in [6.45, 7) is 6.39. The van der Waals surface area contributed by atoms with Crippen LogP contribution in [0.15, 0.2) is 0 Å². The number of nitrogens with one attached hydrogen (secondary N) is 1. The van der Waals surface area contributed by atoms with Gasteiger partial charge in [0.1, 0.15) is 0 Å². The molecule has 1 saturated carbocycles. The lowest BCUT2D eigenvalue weighted by molar-refractivity contribution is 0.123. The Bertz CT molecular complexity index is 237. The molecule has 0 aromatic carbocycles. The maximum atomic E-state index is 9.07. The Morgan fingerprint density at radius 2 is 1.90 bits per heavy atom. The predicted molar refractivity (Wildman–Crippen MR) is 85.0 cm³/mol. The van der Waals surface area contributed by atoms with E-state index < -0.39 is 0 Å². The van der Waals surface area contributed by atoms with Gasteiger partial charge in [-0.3, -0.25) is 0 Å². The van der Waals surface area contributed by atoms with Gasteiger partial charge in [0.05, 0.1) is 0 Å². The SMILES string of the molecule is CCCCN1CC(CCCO)CC(NC2CCCC2)C1. The first-order valence-corrected chi connectivity index (χ1v) is 8.91. The third-order valence-electron chi connectivity index (χ3n) is 5.04. The molecule has 0 aromatic rings. The highest BCUT2D eigenvalue weighted by atomic mass is 16.2. The van der Waals surface area contributed by atoms with Gasteiger partial charge in [-0.05, 0) is 51.0 Å². The molecule has 2 fully saturated rings. The Morgan fingerprint density at radius 3 is 2.60 bits per heavy atom. The number of hydrogen-bond acceptors (Lipinski definition) is 3. The van der Waals surface area contributed by atoms with Crippen LogP contribution in [0, 0.1) is 5.92 Å². The molecule has 2 N–H and O–H groups in total. The molecule has 3 nitrogen and oxygen atoms in total. The summed E-state index contributed by atoms with van der Waals surface area (Å²) in [5.41, 5.74) is 0. The number of unbranched alkanes of at least 4 members (excludes halogenated alkanes) is 1. The van der Waals surface area contributed by atoms with Crippen LogP contribution in [0.25, 0.3) is 0 Å². The van der Waals surface area contributed by atoms with Gasteiger partial charge in [-0.15, -0.1) is 0 Å². The van der Waals surface area contributed by atoms with Crippen molar-refractivity contribution in [3.8, 4) is 0 Å². The third kappa shape index (κ3) is 5.34. The number of aliphatic hydroxyl groups excluding tert-OH is 1. The summed E-state index contributed by atoms with van der Waals surface area (Å²) in [5, 5.41) is 13.0. The van der Waals surface area contributed by atoms with E-state index in [1.54, 1.807) is 0 Å². The fourth-order valence-corrected chi connectivity index (χ4v) is 4.00. The summed E-state index contributed by atoms with van der Waals surface area (Å²) in [6.07, 6.45) is 11.7. The van der Waals surface area contributed by atoms with Crippen LogP contribution in [0.5, 0.6) is 0 Å². The van der Waals surface area contributed by atoms with Gasteiger partial charge >= 0.3 is 0 Å². The first-order valence-electron chi connectivity index (χ1n) is 8.91. The van der Waals surface area contributed by atoms with Crippen molar-refractivity contribution < 1.29 is 5.11 Å². The van der Waals surface area contributed by atoms with E-state index in [2.05, 4.69) is 17.1 Å². The molecule has 118 valence electrons. The van der Waals surface area contributed by atoms with Crippen molar-refractivity contribution in [1.82, 2.24) is 10.2 Å². The third-order valence-corrected chi connectivity index (χ3v) is 5.04. The number of aliphatic hydroxyl groups is 1. The van der Waals surface area contributed by atoms with Crippen molar-refractivity contribution in [1.29, 1.82) is 0 Å². The number of piperidine rings is 1. The Kier molecular flexibility index (Phi) is 7.32. The van der Waals surface area contributed by atoms with Crippen LogP contribution >= 0.6 is 0 Å². The van der Waals surface area contributed by atoms with Crippen LogP contribution in [0.2, 0.25) is 0 Å². The first-order chi connectivity index (χ1) is 9.81. The fraction of sp³-hybridized carbons (Fsp3) is 1.00. The minimum atomic E-state index is 0.353. The minimum Gasteiger partial charge on any atom is -0.396 e. The predicted octanol–water partition coefficient (Wildman–Crippen LogP) is 2.78. The summed E-state index contributed by atoms with van der Waals surface area (Å²) in [6, 6.07) is 1.47. The molecule has 2 rings (SSSR count). The van der Waals surface area contributed by atoms with Gasteiger partial charge in [0.15, 0.2) is 0 Å². The average molecular weight is 282 g/mol. The van der Waals surface area contributed by atoms with Crippen molar-refractivity contribution in [2.75, 3.05) is 26.2 Å². The first kappa shape index (κ1) is 16.3. The van der Waals surface area contributed by atoms with Crippen LogP contribution in [-0.4, -0.2) is 48.3 Å². The summed E-state index contributed by atoms with van der Waals surface area (Å²) in [4.78, 5) is 2.67. The fourth-order valence-electron chi connectivity index (χ4n) is 4.00.